The summed E-state index contributed by atoms with van der Waals surface area (Å²) in [7, 11) is 0. The second-order valence-electron chi connectivity index (χ2n) is 4.07. The SMILES string of the molecule is CCC(=O)CCCC(C)CCCCI. The zero-order valence-corrected chi connectivity index (χ0v) is 11.7. The first-order valence-electron chi connectivity index (χ1n) is 5.78. The lowest BCUT2D eigenvalue weighted by atomic mass is 9.97. The van der Waals surface area contributed by atoms with Crippen molar-refractivity contribution in [1.82, 2.24) is 0 Å². The van der Waals surface area contributed by atoms with Gasteiger partial charge in [0.2, 0.25) is 0 Å². The van der Waals surface area contributed by atoms with Gasteiger partial charge in [0, 0.05) is 12.8 Å². The van der Waals surface area contributed by atoms with Gasteiger partial charge in [0.1, 0.15) is 5.78 Å². The molecular formula is C12H23IO. The first kappa shape index (κ1) is 14.4. The molecule has 0 aromatic rings. The van der Waals surface area contributed by atoms with Gasteiger partial charge in [0.25, 0.3) is 0 Å². The highest BCUT2D eigenvalue weighted by Crippen LogP contribution is 2.15. The maximum atomic E-state index is 11.1. The number of ketones is 1. The van der Waals surface area contributed by atoms with Crippen LogP contribution in [0, 0.1) is 5.92 Å². The summed E-state index contributed by atoms with van der Waals surface area (Å²) in [5.74, 6) is 1.23. The molecule has 1 unspecified atom stereocenters. The van der Waals surface area contributed by atoms with E-state index in [2.05, 4.69) is 29.5 Å². The summed E-state index contributed by atoms with van der Waals surface area (Å²) >= 11 is 2.43. The number of hydrogen-bond acceptors (Lipinski definition) is 1. The summed E-state index contributed by atoms with van der Waals surface area (Å²) in [6.07, 6.45) is 7.87. The molecule has 0 radical (unpaired) electrons. The van der Waals surface area contributed by atoms with E-state index in [9.17, 15) is 4.79 Å². The summed E-state index contributed by atoms with van der Waals surface area (Å²) in [4.78, 5) is 11.1. The average Bonchev–Trinajstić information content (AvgIpc) is 2.18. The maximum absolute atomic E-state index is 11.1. The fraction of sp³-hybridized carbons (Fsp3) is 0.917. The second kappa shape index (κ2) is 9.94. The third-order valence-electron chi connectivity index (χ3n) is 2.63. The van der Waals surface area contributed by atoms with E-state index in [4.69, 9.17) is 0 Å². The highest BCUT2D eigenvalue weighted by Gasteiger charge is 2.03. The molecule has 0 saturated carbocycles. The average molecular weight is 310 g/mol. The van der Waals surface area contributed by atoms with Crippen LogP contribution in [0.25, 0.3) is 0 Å². The Morgan fingerprint density at radius 3 is 2.43 bits per heavy atom. The zero-order valence-electron chi connectivity index (χ0n) is 9.52. The summed E-state index contributed by atoms with van der Waals surface area (Å²) < 4.78 is 1.28. The van der Waals surface area contributed by atoms with Gasteiger partial charge in [-0.3, -0.25) is 4.79 Å². The lowest BCUT2D eigenvalue weighted by Crippen LogP contribution is -1.99. The molecule has 0 rings (SSSR count). The van der Waals surface area contributed by atoms with Crippen LogP contribution in [0.2, 0.25) is 0 Å². The Bertz CT molecular complexity index is 145. The van der Waals surface area contributed by atoms with E-state index in [1.165, 1.54) is 30.1 Å². The largest absolute Gasteiger partial charge is 0.300 e. The van der Waals surface area contributed by atoms with Crippen molar-refractivity contribution in [3.63, 3.8) is 0 Å². The van der Waals surface area contributed by atoms with Crippen LogP contribution < -0.4 is 0 Å². The van der Waals surface area contributed by atoms with Gasteiger partial charge < -0.3 is 0 Å². The molecule has 0 saturated heterocycles. The number of halogens is 1. The second-order valence-corrected chi connectivity index (χ2v) is 5.15. The van der Waals surface area contributed by atoms with Gasteiger partial charge in [-0.2, -0.15) is 0 Å². The van der Waals surface area contributed by atoms with Crippen molar-refractivity contribution in [3.8, 4) is 0 Å². The molecule has 0 fully saturated rings. The van der Waals surface area contributed by atoms with Crippen LogP contribution >= 0.6 is 22.6 Å². The van der Waals surface area contributed by atoms with Crippen LogP contribution in [0.3, 0.4) is 0 Å². The Hall–Kier alpha value is 0.400. The van der Waals surface area contributed by atoms with Gasteiger partial charge in [0.15, 0.2) is 0 Å². The van der Waals surface area contributed by atoms with Crippen LogP contribution in [-0.2, 0) is 4.79 Å². The molecule has 0 N–H and O–H groups in total. The van der Waals surface area contributed by atoms with Gasteiger partial charge >= 0.3 is 0 Å². The molecule has 1 nitrogen and oxygen atoms in total. The number of rotatable bonds is 9. The number of alkyl halides is 1. The van der Waals surface area contributed by atoms with E-state index in [0.29, 0.717) is 12.2 Å². The van der Waals surface area contributed by atoms with E-state index >= 15 is 0 Å². The predicted molar refractivity (Wildman–Crippen MR) is 71.1 cm³/mol. The molecule has 0 amide bonds. The Balaban J connectivity index is 3.26. The summed E-state index contributed by atoms with van der Waals surface area (Å²) in [5.41, 5.74) is 0. The van der Waals surface area contributed by atoms with Gasteiger partial charge in [-0.15, -0.1) is 0 Å². The van der Waals surface area contributed by atoms with E-state index < -0.39 is 0 Å². The molecule has 14 heavy (non-hydrogen) atoms. The fourth-order valence-electron chi connectivity index (χ4n) is 1.56. The van der Waals surface area contributed by atoms with Crippen molar-refractivity contribution in [2.45, 2.75) is 58.8 Å². The Morgan fingerprint density at radius 1 is 1.21 bits per heavy atom. The van der Waals surface area contributed by atoms with Gasteiger partial charge in [-0.1, -0.05) is 55.7 Å². The van der Waals surface area contributed by atoms with E-state index in [1.54, 1.807) is 0 Å². The lowest BCUT2D eigenvalue weighted by Gasteiger charge is -2.09. The van der Waals surface area contributed by atoms with Gasteiger partial charge in [-0.05, 0) is 23.2 Å². The highest BCUT2D eigenvalue weighted by atomic mass is 127. The number of unbranched alkanes of at least 4 members (excludes halogenated alkanes) is 1. The van der Waals surface area contributed by atoms with E-state index in [1.807, 2.05) is 6.92 Å². The third-order valence-corrected chi connectivity index (χ3v) is 3.39. The van der Waals surface area contributed by atoms with Crippen LogP contribution in [0.4, 0.5) is 0 Å². The predicted octanol–water partition coefficient (Wildman–Crippen LogP) is 4.38. The van der Waals surface area contributed by atoms with Crippen molar-refractivity contribution >= 4 is 28.4 Å². The molecule has 0 aliphatic carbocycles. The molecule has 0 aliphatic heterocycles. The third kappa shape index (κ3) is 8.97. The smallest absolute Gasteiger partial charge is 0.132 e. The number of Topliss-reactive ketones (excluding diaryl/α,β-unsaturated/α-hetero) is 1. The van der Waals surface area contributed by atoms with Crippen LogP contribution in [0.15, 0.2) is 0 Å². The molecule has 0 aromatic carbocycles. The Kier molecular flexibility index (Phi) is 10.2. The Morgan fingerprint density at radius 2 is 1.86 bits per heavy atom. The van der Waals surface area contributed by atoms with Crippen LogP contribution in [0.5, 0.6) is 0 Å². The molecule has 0 bridgehead atoms. The van der Waals surface area contributed by atoms with Crippen LogP contribution in [0.1, 0.15) is 58.8 Å². The molecule has 2 heteroatoms. The highest BCUT2D eigenvalue weighted by molar-refractivity contribution is 14.1. The standard InChI is InChI=1S/C12H23IO/c1-3-12(14)9-6-8-11(2)7-4-5-10-13/h11H,3-10H2,1-2H3. The minimum absolute atomic E-state index is 0.421. The van der Waals surface area contributed by atoms with Crippen molar-refractivity contribution in [1.29, 1.82) is 0 Å². The normalized spacial score (nSPS) is 12.8. The maximum Gasteiger partial charge on any atom is 0.132 e. The number of carbonyl (C=O) groups excluding carboxylic acids is 1. The van der Waals surface area contributed by atoms with Crippen molar-refractivity contribution < 1.29 is 4.79 Å². The molecule has 0 aromatic heterocycles. The summed E-state index contributed by atoms with van der Waals surface area (Å²) in [6.45, 7) is 4.26. The first-order chi connectivity index (χ1) is 6.70. The molecule has 0 spiro atoms. The molecule has 84 valence electrons. The number of carbonyl (C=O) groups is 1. The number of hydrogen-bond donors (Lipinski definition) is 0. The monoisotopic (exact) mass is 310 g/mol. The molecule has 1 atom stereocenters. The molecule has 0 aliphatic rings. The lowest BCUT2D eigenvalue weighted by molar-refractivity contribution is -0.118. The minimum atomic E-state index is 0.421. The van der Waals surface area contributed by atoms with Gasteiger partial charge in [-0.25, -0.2) is 0 Å². The van der Waals surface area contributed by atoms with Crippen molar-refractivity contribution in [2.24, 2.45) is 5.92 Å². The first-order valence-corrected chi connectivity index (χ1v) is 7.31. The topological polar surface area (TPSA) is 17.1 Å². The summed E-state index contributed by atoms with van der Waals surface area (Å²) in [5, 5.41) is 0. The zero-order chi connectivity index (χ0) is 10.8. The molecule has 0 heterocycles. The van der Waals surface area contributed by atoms with Crippen molar-refractivity contribution in [2.75, 3.05) is 4.43 Å². The summed E-state index contributed by atoms with van der Waals surface area (Å²) in [6, 6.07) is 0. The van der Waals surface area contributed by atoms with Crippen molar-refractivity contribution in [3.05, 3.63) is 0 Å². The van der Waals surface area contributed by atoms with Gasteiger partial charge in [0.05, 0.1) is 0 Å². The fourth-order valence-corrected chi connectivity index (χ4v) is 2.10. The van der Waals surface area contributed by atoms with Crippen LogP contribution in [-0.4, -0.2) is 10.2 Å². The quantitative estimate of drug-likeness (QED) is 0.351. The van der Waals surface area contributed by atoms with E-state index in [0.717, 1.165) is 18.8 Å². The minimum Gasteiger partial charge on any atom is -0.300 e. The van der Waals surface area contributed by atoms with E-state index in [-0.39, 0.29) is 0 Å². The molecular weight excluding hydrogens is 287 g/mol. The Labute approximate surface area is 102 Å².